The lowest BCUT2D eigenvalue weighted by molar-refractivity contribution is -0.116. The van der Waals surface area contributed by atoms with E-state index in [4.69, 9.17) is 0 Å². The van der Waals surface area contributed by atoms with Gasteiger partial charge in [-0.2, -0.15) is 0 Å². The number of amides is 1. The van der Waals surface area contributed by atoms with E-state index in [0.717, 1.165) is 24.2 Å². The van der Waals surface area contributed by atoms with Gasteiger partial charge in [0.15, 0.2) is 0 Å². The molecule has 0 aliphatic heterocycles. The van der Waals surface area contributed by atoms with E-state index in [1.807, 2.05) is 32.0 Å². The quantitative estimate of drug-likeness (QED) is 0.587. The zero-order chi connectivity index (χ0) is 18.1. The minimum atomic E-state index is -0.163. The summed E-state index contributed by atoms with van der Waals surface area (Å²) in [6.07, 6.45) is 1.70. The molecule has 130 valence electrons. The molecule has 8 heteroatoms. The second-order valence-electron chi connectivity index (χ2n) is 5.63. The van der Waals surface area contributed by atoms with Crippen LogP contribution < -0.4 is 10.9 Å². The number of fused-ring (bicyclic) bond motifs is 1. The van der Waals surface area contributed by atoms with E-state index in [0.29, 0.717) is 11.1 Å². The monoisotopic (exact) mass is 483 g/mol. The van der Waals surface area contributed by atoms with Crippen LogP contribution in [-0.4, -0.2) is 15.5 Å². The molecule has 1 aromatic carbocycles. The predicted molar refractivity (Wildman–Crippen MR) is 108 cm³/mol. The molecule has 1 amide bonds. The summed E-state index contributed by atoms with van der Waals surface area (Å²) in [6.45, 7) is 4.20. The van der Waals surface area contributed by atoms with E-state index in [1.165, 1.54) is 22.2 Å². The number of thiophene rings is 1. The van der Waals surface area contributed by atoms with E-state index in [1.54, 1.807) is 0 Å². The Morgan fingerprint density at radius 3 is 2.84 bits per heavy atom. The first kappa shape index (κ1) is 18.3. The maximum atomic E-state index is 12.6. The maximum Gasteiger partial charge on any atom is 0.262 e. The van der Waals surface area contributed by atoms with Gasteiger partial charge in [0, 0.05) is 26.8 Å². The number of carbonyl (C=O) groups is 1. The number of anilines is 1. The molecule has 0 spiro atoms. The number of nitrogens with zero attached hydrogens (tertiary/aromatic N) is 2. The van der Waals surface area contributed by atoms with Crippen molar-refractivity contribution in [3.8, 4) is 0 Å². The molecular formula is C17H15Br2N3O2S. The molecule has 0 aliphatic carbocycles. The van der Waals surface area contributed by atoms with Gasteiger partial charge in [0.25, 0.3) is 5.56 Å². The van der Waals surface area contributed by atoms with Gasteiger partial charge in [-0.15, -0.1) is 11.3 Å². The number of halogens is 2. The second kappa shape index (κ2) is 7.39. The van der Waals surface area contributed by atoms with E-state index < -0.39 is 0 Å². The van der Waals surface area contributed by atoms with Gasteiger partial charge in [-0.1, -0.05) is 15.9 Å². The Morgan fingerprint density at radius 1 is 1.32 bits per heavy atom. The first-order valence-corrected chi connectivity index (χ1v) is 9.97. The number of hydrogen-bond donors (Lipinski definition) is 1. The lowest BCUT2D eigenvalue weighted by atomic mass is 10.2. The molecule has 1 N–H and O–H groups in total. The Labute approximate surface area is 165 Å². The third kappa shape index (κ3) is 3.86. The molecule has 0 atom stereocenters. The third-order valence-electron chi connectivity index (χ3n) is 3.94. The average Bonchev–Trinajstić information content (AvgIpc) is 2.85. The van der Waals surface area contributed by atoms with Gasteiger partial charge < -0.3 is 5.32 Å². The standard InChI is InChI=1S/C17H15Br2N3O2S/c1-9-10(2)25-16-15(9)17(24)22(8-20-16)6-5-14(23)21-13-7-11(18)3-4-12(13)19/h3-4,7-8H,5-6H2,1-2H3,(H,21,23). The number of aryl methyl sites for hydroxylation is 3. The fourth-order valence-electron chi connectivity index (χ4n) is 2.46. The lowest BCUT2D eigenvalue weighted by Gasteiger charge is -2.09. The maximum absolute atomic E-state index is 12.6. The smallest absolute Gasteiger partial charge is 0.262 e. The minimum Gasteiger partial charge on any atom is -0.325 e. The van der Waals surface area contributed by atoms with Crippen LogP contribution in [0.1, 0.15) is 16.9 Å². The van der Waals surface area contributed by atoms with Gasteiger partial charge in [-0.3, -0.25) is 14.2 Å². The van der Waals surface area contributed by atoms with Crippen LogP contribution in [0.3, 0.4) is 0 Å². The van der Waals surface area contributed by atoms with Crippen LogP contribution >= 0.6 is 43.2 Å². The molecule has 0 unspecified atom stereocenters. The van der Waals surface area contributed by atoms with Crippen molar-refractivity contribution in [3.05, 3.63) is 54.3 Å². The Balaban J connectivity index is 1.75. The first-order valence-electron chi connectivity index (χ1n) is 7.57. The Hall–Kier alpha value is -1.51. The highest BCUT2D eigenvalue weighted by Crippen LogP contribution is 2.27. The molecule has 3 rings (SSSR count). The molecule has 2 heterocycles. The predicted octanol–water partition coefficient (Wildman–Crippen LogP) is 4.63. The molecule has 3 aromatic rings. The van der Waals surface area contributed by atoms with Crippen LogP contribution in [0.15, 0.2) is 38.3 Å². The Kier molecular flexibility index (Phi) is 5.41. The zero-order valence-electron chi connectivity index (χ0n) is 13.6. The highest BCUT2D eigenvalue weighted by molar-refractivity contribution is 9.11. The van der Waals surface area contributed by atoms with Crippen molar-refractivity contribution in [1.82, 2.24) is 9.55 Å². The topological polar surface area (TPSA) is 64.0 Å². The van der Waals surface area contributed by atoms with E-state index in [2.05, 4.69) is 42.2 Å². The average molecular weight is 485 g/mol. The zero-order valence-corrected chi connectivity index (χ0v) is 17.6. The Morgan fingerprint density at radius 2 is 2.08 bits per heavy atom. The third-order valence-corrected chi connectivity index (χ3v) is 6.24. The molecule has 0 saturated carbocycles. The lowest BCUT2D eigenvalue weighted by Crippen LogP contribution is -2.23. The molecule has 5 nitrogen and oxygen atoms in total. The van der Waals surface area contributed by atoms with E-state index in [-0.39, 0.29) is 24.4 Å². The normalized spacial score (nSPS) is 11.0. The van der Waals surface area contributed by atoms with E-state index in [9.17, 15) is 9.59 Å². The molecule has 0 saturated heterocycles. The van der Waals surface area contributed by atoms with Crippen LogP contribution in [0, 0.1) is 13.8 Å². The number of aromatic nitrogens is 2. The van der Waals surface area contributed by atoms with Gasteiger partial charge in [-0.05, 0) is 53.5 Å². The van der Waals surface area contributed by atoms with Crippen LogP contribution in [0.2, 0.25) is 0 Å². The minimum absolute atomic E-state index is 0.0942. The van der Waals surface area contributed by atoms with Crippen molar-refractivity contribution in [1.29, 1.82) is 0 Å². The van der Waals surface area contributed by atoms with Crippen molar-refractivity contribution in [3.63, 3.8) is 0 Å². The van der Waals surface area contributed by atoms with Gasteiger partial charge in [0.1, 0.15) is 4.83 Å². The highest BCUT2D eigenvalue weighted by atomic mass is 79.9. The summed E-state index contributed by atoms with van der Waals surface area (Å²) in [7, 11) is 0. The summed E-state index contributed by atoms with van der Waals surface area (Å²) in [6, 6.07) is 5.55. The van der Waals surface area contributed by atoms with Gasteiger partial charge in [-0.25, -0.2) is 4.98 Å². The molecule has 25 heavy (non-hydrogen) atoms. The van der Waals surface area contributed by atoms with Crippen molar-refractivity contribution < 1.29 is 4.79 Å². The number of hydrogen-bond acceptors (Lipinski definition) is 4. The van der Waals surface area contributed by atoms with Crippen LogP contribution in [0.4, 0.5) is 5.69 Å². The SMILES string of the molecule is Cc1sc2ncn(CCC(=O)Nc3cc(Br)ccc3Br)c(=O)c2c1C. The van der Waals surface area contributed by atoms with Crippen molar-refractivity contribution >= 4 is 65.0 Å². The van der Waals surface area contributed by atoms with Crippen molar-refractivity contribution in [2.75, 3.05) is 5.32 Å². The molecule has 0 aliphatic rings. The van der Waals surface area contributed by atoms with Gasteiger partial charge in [0.2, 0.25) is 5.91 Å². The molecule has 2 aromatic heterocycles. The highest BCUT2D eigenvalue weighted by Gasteiger charge is 2.13. The second-order valence-corrected chi connectivity index (χ2v) is 8.60. The fraction of sp³-hybridized carbons (Fsp3) is 0.235. The number of nitrogens with one attached hydrogen (secondary N) is 1. The van der Waals surface area contributed by atoms with Gasteiger partial charge >= 0.3 is 0 Å². The molecule has 0 radical (unpaired) electrons. The van der Waals surface area contributed by atoms with Crippen molar-refractivity contribution in [2.24, 2.45) is 0 Å². The van der Waals surface area contributed by atoms with Crippen molar-refractivity contribution in [2.45, 2.75) is 26.8 Å². The summed E-state index contributed by atoms with van der Waals surface area (Å²) in [5.41, 5.74) is 1.56. The number of benzene rings is 1. The van der Waals surface area contributed by atoms with Gasteiger partial charge in [0.05, 0.1) is 17.4 Å². The number of rotatable bonds is 4. The van der Waals surface area contributed by atoms with Crippen LogP contribution in [0.5, 0.6) is 0 Å². The summed E-state index contributed by atoms with van der Waals surface area (Å²) in [4.78, 5) is 31.0. The largest absolute Gasteiger partial charge is 0.325 e. The molecular weight excluding hydrogens is 470 g/mol. The van der Waals surface area contributed by atoms with Crippen LogP contribution in [0.25, 0.3) is 10.2 Å². The van der Waals surface area contributed by atoms with E-state index >= 15 is 0 Å². The summed E-state index contributed by atoms with van der Waals surface area (Å²) >= 11 is 8.30. The summed E-state index contributed by atoms with van der Waals surface area (Å²) in [5.74, 6) is -0.163. The summed E-state index contributed by atoms with van der Waals surface area (Å²) < 4.78 is 3.17. The number of carbonyl (C=O) groups excluding carboxylic acids is 1. The van der Waals surface area contributed by atoms with Crippen LogP contribution in [-0.2, 0) is 11.3 Å². The first-order chi connectivity index (χ1) is 11.9. The summed E-state index contributed by atoms with van der Waals surface area (Å²) in [5, 5.41) is 3.50. The molecule has 0 bridgehead atoms. The Bertz CT molecular complexity index is 1030. The fourth-order valence-corrected chi connectivity index (χ4v) is 4.15. The molecule has 0 fully saturated rings.